The number of carbonyl (C=O) groups excluding carboxylic acids is 2. The van der Waals surface area contributed by atoms with Gasteiger partial charge in [-0.25, -0.2) is 0 Å². The molecule has 11 heteroatoms. The van der Waals surface area contributed by atoms with Gasteiger partial charge in [-0.2, -0.15) is 0 Å². The molecule has 1 aromatic heterocycles. The Morgan fingerprint density at radius 3 is 2.57 bits per heavy atom. The Kier molecular flexibility index (Phi) is 8.62. The third-order valence-corrected chi connectivity index (χ3v) is 13.0. The number of carbonyl (C=O) groups is 2. The number of fused-ring (bicyclic) bond motifs is 3. The van der Waals surface area contributed by atoms with Gasteiger partial charge in [0, 0.05) is 48.4 Å². The minimum atomic E-state index is -3.40. The fourth-order valence-corrected chi connectivity index (χ4v) is 10.9. The molecule has 1 spiro atoms. The van der Waals surface area contributed by atoms with Gasteiger partial charge < -0.3 is 18.9 Å². The topological polar surface area (TPSA) is 101 Å². The molecule has 4 heterocycles. The number of aryl methyl sites for hydroxylation is 2. The maximum atomic E-state index is 16.4. The normalized spacial score (nSPS) is 24.0. The number of ether oxygens (including phenoxy) is 1. The van der Waals surface area contributed by atoms with Crippen molar-refractivity contribution in [3.8, 4) is 0 Å². The molecule has 0 radical (unpaired) electrons. The third-order valence-electron chi connectivity index (χ3n) is 10.5. The number of rotatable bonds is 10. The van der Waals surface area contributed by atoms with Gasteiger partial charge >= 0.3 is 0 Å². The van der Waals surface area contributed by atoms with Crippen LogP contribution in [0.15, 0.2) is 91.6 Å². The second-order valence-electron chi connectivity index (χ2n) is 13.9. The van der Waals surface area contributed by atoms with Gasteiger partial charge in [0.15, 0.2) is 5.60 Å². The molecule has 0 saturated carbocycles. The Balaban J connectivity index is 1.24. The first kappa shape index (κ1) is 33.1. The van der Waals surface area contributed by atoms with E-state index in [9.17, 15) is 14.7 Å². The summed E-state index contributed by atoms with van der Waals surface area (Å²) in [5.74, 6) is -1.05. The van der Waals surface area contributed by atoms with Crippen molar-refractivity contribution in [2.75, 3.05) is 23.0 Å². The number of para-hydroxylation sites is 1. The monoisotopic (exact) mass is 679 g/mol. The van der Waals surface area contributed by atoms with Crippen LogP contribution in [0.25, 0.3) is 0 Å². The molecule has 1 N–H and O–H groups in total. The van der Waals surface area contributed by atoms with Crippen LogP contribution in [-0.4, -0.2) is 59.6 Å². The molecule has 254 valence electrons. The van der Waals surface area contributed by atoms with E-state index in [2.05, 4.69) is 16.9 Å². The highest BCUT2D eigenvalue weighted by Crippen LogP contribution is 2.60. The van der Waals surface area contributed by atoms with Gasteiger partial charge in [-0.15, -0.1) is 11.7 Å². The summed E-state index contributed by atoms with van der Waals surface area (Å²) in [6, 6.07) is 23.2. The van der Waals surface area contributed by atoms with Gasteiger partial charge in [0.05, 0.1) is 35.7 Å². The Labute approximate surface area is 287 Å². The first-order valence-corrected chi connectivity index (χ1v) is 19.9. The number of anilines is 3. The first-order valence-electron chi connectivity index (χ1n) is 17.0. The molecule has 3 aromatic carbocycles. The number of benzene rings is 3. The maximum Gasteiger partial charge on any atom is 0.264 e. The number of aliphatic hydroxyl groups is 1. The highest BCUT2D eigenvalue weighted by Gasteiger charge is 2.66. The molecule has 1 unspecified atom stereocenters. The lowest BCUT2D eigenvalue weighted by atomic mass is 9.82. The Morgan fingerprint density at radius 1 is 1.08 bits per heavy atom. The van der Waals surface area contributed by atoms with Crippen molar-refractivity contribution in [1.82, 2.24) is 15.0 Å². The van der Waals surface area contributed by atoms with E-state index in [0.29, 0.717) is 48.4 Å². The molecule has 3 aliphatic heterocycles. The number of amides is 2. The predicted octanol–water partition coefficient (Wildman–Crippen LogP) is 6.41. The second-order valence-corrected chi connectivity index (χ2v) is 17.7. The molecular weight excluding hydrogens is 638 g/mol. The molecule has 1 fully saturated rings. The summed E-state index contributed by atoms with van der Waals surface area (Å²) in [5, 5.41) is 18.8. The zero-order chi connectivity index (χ0) is 34.5. The van der Waals surface area contributed by atoms with Crippen LogP contribution in [0.4, 0.5) is 21.2 Å². The average molecular weight is 680 g/mol. The van der Waals surface area contributed by atoms with E-state index >= 15 is 4.11 Å². The number of hydrogen-bond acceptors (Lipinski definition) is 6. The lowest BCUT2D eigenvalue weighted by molar-refractivity contribution is -0.145. The van der Waals surface area contributed by atoms with Crippen molar-refractivity contribution in [3.05, 3.63) is 114 Å². The van der Waals surface area contributed by atoms with E-state index in [4.69, 9.17) is 4.74 Å². The highest BCUT2D eigenvalue weighted by molar-refractivity contribution is 6.72. The van der Waals surface area contributed by atoms with Crippen LogP contribution in [0.2, 0.25) is 18.6 Å². The van der Waals surface area contributed by atoms with Crippen molar-refractivity contribution < 1.29 is 23.5 Å². The zero-order valence-corrected chi connectivity index (χ0v) is 29.1. The summed E-state index contributed by atoms with van der Waals surface area (Å²) in [5.41, 5.74) is 3.57. The molecule has 3 aliphatic rings. The number of aliphatic hydroxyl groups excluding tert-OH is 1. The van der Waals surface area contributed by atoms with Crippen LogP contribution in [0.5, 0.6) is 0 Å². The van der Waals surface area contributed by atoms with E-state index in [0.717, 1.165) is 16.8 Å². The molecule has 9 nitrogen and oxygen atoms in total. The maximum absolute atomic E-state index is 16.4. The lowest BCUT2D eigenvalue weighted by Gasteiger charge is -2.32. The molecule has 7 rings (SSSR count). The van der Waals surface area contributed by atoms with E-state index in [-0.39, 0.29) is 30.9 Å². The minimum absolute atomic E-state index is 0.0173. The summed E-state index contributed by atoms with van der Waals surface area (Å²) in [6.45, 7) is 9.75. The molecule has 4 aromatic rings. The summed E-state index contributed by atoms with van der Waals surface area (Å²) in [6.07, 6.45) is 4.39. The number of nitrogens with zero attached hydrogens (tertiary/aromatic N) is 5. The molecule has 0 aliphatic carbocycles. The SMILES string of the molecule is C=CCN1C(=O)[C@@]2(O[C@@H](CCn3cc(C(CO)c4ccccc4)nn3)[C@H]([Si](C)(C)F)[C@H]2C)c2cc(N3C(=O)CCc4ccccc43)ccc21. The first-order chi connectivity index (χ1) is 23.6. The Hall–Kier alpha value is -4.45. The van der Waals surface area contributed by atoms with Crippen LogP contribution in [0.3, 0.4) is 0 Å². The van der Waals surface area contributed by atoms with Gasteiger partial charge in [0.1, 0.15) is 0 Å². The van der Waals surface area contributed by atoms with Crippen LogP contribution in [0.1, 0.15) is 48.1 Å². The van der Waals surface area contributed by atoms with E-state index in [1.54, 1.807) is 33.7 Å². The fraction of sp³-hybridized carbons (Fsp3) is 0.368. The molecule has 1 saturated heterocycles. The molecule has 0 bridgehead atoms. The largest absolute Gasteiger partial charge is 0.395 e. The van der Waals surface area contributed by atoms with Crippen molar-refractivity contribution in [2.45, 2.75) is 69.0 Å². The van der Waals surface area contributed by atoms with Crippen molar-refractivity contribution in [2.24, 2.45) is 5.92 Å². The summed E-state index contributed by atoms with van der Waals surface area (Å²) in [7, 11) is -3.40. The Bertz CT molecular complexity index is 1890. The standard InChI is InChI=1S/C38H42FN5O4Si/c1-5-20-43-33-17-16-28(44-32-14-10-9-13-27(32)15-18-35(44)46)22-30(33)38(37(43)47)25(2)36(49(3,4)39)34(48-38)19-21-42-23-31(40-41-42)29(24-45)26-11-7-6-8-12-26/h5-14,16-17,22-23,25,29,34,36,45H,1,15,18-21,24H2,2-4H3/t25-,29?,34+,36-,38+/m1/s1. The van der Waals surface area contributed by atoms with Gasteiger partial charge in [-0.3, -0.25) is 19.2 Å². The van der Waals surface area contributed by atoms with Crippen LogP contribution >= 0.6 is 0 Å². The number of aromatic nitrogens is 3. The molecular formula is C38H42FN5O4Si. The zero-order valence-electron chi connectivity index (χ0n) is 28.1. The minimum Gasteiger partial charge on any atom is -0.395 e. The van der Waals surface area contributed by atoms with Gasteiger partial charge in [0.2, 0.25) is 14.3 Å². The lowest BCUT2D eigenvalue weighted by Crippen LogP contribution is -2.45. The Morgan fingerprint density at radius 2 is 1.84 bits per heavy atom. The van der Waals surface area contributed by atoms with Gasteiger partial charge in [0.25, 0.3) is 5.91 Å². The van der Waals surface area contributed by atoms with Gasteiger partial charge in [-0.1, -0.05) is 66.7 Å². The van der Waals surface area contributed by atoms with E-state index in [1.165, 1.54) is 0 Å². The van der Waals surface area contributed by atoms with Crippen molar-refractivity contribution in [3.63, 3.8) is 0 Å². The van der Waals surface area contributed by atoms with Crippen molar-refractivity contribution >= 4 is 37.3 Å². The molecule has 5 atom stereocenters. The molecule has 49 heavy (non-hydrogen) atoms. The molecule has 2 amide bonds. The summed E-state index contributed by atoms with van der Waals surface area (Å²) >= 11 is 0. The number of hydrogen-bond donors (Lipinski definition) is 1. The highest BCUT2D eigenvalue weighted by atomic mass is 28.4. The summed E-state index contributed by atoms with van der Waals surface area (Å²) < 4.78 is 25.1. The van der Waals surface area contributed by atoms with Gasteiger partial charge in [-0.05, 0) is 61.3 Å². The average Bonchev–Trinajstić information content (AvgIpc) is 3.75. The van der Waals surface area contributed by atoms with Crippen molar-refractivity contribution in [1.29, 1.82) is 0 Å². The van der Waals surface area contributed by atoms with E-state index in [1.807, 2.05) is 85.9 Å². The smallest absolute Gasteiger partial charge is 0.264 e. The third kappa shape index (κ3) is 5.53. The van der Waals surface area contributed by atoms with Crippen LogP contribution in [-0.2, 0) is 32.9 Å². The fourth-order valence-electron chi connectivity index (χ4n) is 8.36. The van der Waals surface area contributed by atoms with E-state index < -0.39 is 31.6 Å². The van der Waals surface area contributed by atoms with Crippen LogP contribution < -0.4 is 9.80 Å². The number of halogens is 1. The predicted molar refractivity (Wildman–Crippen MR) is 189 cm³/mol. The second kappa shape index (κ2) is 12.8. The summed E-state index contributed by atoms with van der Waals surface area (Å²) in [4.78, 5) is 31.4. The quantitative estimate of drug-likeness (QED) is 0.118. The van der Waals surface area contributed by atoms with Crippen LogP contribution in [0, 0.1) is 5.92 Å².